The highest BCUT2D eigenvalue weighted by Crippen LogP contribution is 2.33. The second-order valence-electron chi connectivity index (χ2n) is 9.07. The summed E-state index contributed by atoms with van der Waals surface area (Å²) in [7, 11) is 1.85. The summed E-state index contributed by atoms with van der Waals surface area (Å²) < 4.78 is 15.6. The third kappa shape index (κ3) is 4.69. The Hall–Kier alpha value is -3.94. The number of aromatic nitrogens is 4. The molecule has 7 nitrogen and oxygen atoms in total. The molecule has 0 radical (unpaired) electrons. The lowest BCUT2D eigenvalue weighted by Crippen LogP contribution is -2.42. The zero-order valence-corrected chi connectivity index (χ0v) is 19.7. The summed E-state index contributed by atoms with van der Waals surface area (Å²) in [5, 5.41) is 5.00. The summed E-state index contributed by atoms with van der Waals surface area (Å²) in [4.78, 5) is 36.1. The second kappa shape index (κ2) is 9.37. The number of likely N-dealkylation sites (tertiary alicyclic amines) is 1. The van der Waals surface area contributed by atoms with Crippen molar-refractivity contribution in [3.63, 3.8) is 0 Å². The Kier molecular flexibility index (Phi) is 6.11. The van der Waals surface area contributed by atoms with Crippen LogP contribution in [0, 0.1) is 12.7 Å². The van der Waals surface area contributed by atoms with Crippen LogP contribution in [0.2, 0.25) is 0 Å². The Bertz CT molecular complexity index is 1420. The smallest absolute Gasteiger partial charge is 0.290 e. The fraction of sp³-hybridized carbons (Fsp3) is 0.296. The highest BCUT2D eigenvalue weighted by Gasteiger charge is 2.28. The van der Waals surface area contributed by atoms with Crippen molar-refractivity contribution in [1.82, 2.24) is 24.6 Å². The predicted molar refractivity (Wildman–Crippen MR) is 130 cm³/mol. The molecular weight excluding hydrogens is 445 g/mol. The van der Waals surface area contributed by atoms with Crippen molar-refractivity contribution in [3.05, 3.63) is 77.8 Å². The summed E-state index contributed by atoms with van der Waals surface area (Å²) in [5.41, 5.74) is 5.08. The molecule has 1 amide bonds. The molecule has 4 aromatic rings. The van der Waals surface area contributed by atoms with E-state index in [1.807, 2.05) is 32.3 Å². The molecule has 0 unspecified atom stereocenters. The SMILES string of the molecule is Cc1nc(CC(=O)C(=O)N2CCC(c3ccnc4ccc(F)cc34)CC2)ccc1-c1cnn(C)c1. The van der Waals surface area contributed by atoms with Crippen LogP contribution in [0.1, 0.15) is 35.7 Å². The number of pyridine rings is 2. The monoisotopic (exact) mass is 471 g/mol. The maximum atomic E-state index is 13.8. The molecule has 178 valence electrons. The van der Waals surface area contributed by atoms with Crippen molar-refractivity contribution >= 4 is 22.6 Å². The molecule has 0 atom stereocenters. The summed E-state index contributed by atoms with van der Waals surface area (Å²) in [6, 6.07) is 10.3. The van der Waals surface area contributed by atoms with Gasteiger partial charge in [0.2, 0.25) is 5.78 Å². The lowest BCUT2D eigenvalue weighted by atomic mass is 9.87. The molecule has 35 heavy (non-hydrogen) atoms. The molecule has 8 heteroatoms. The van der Waals surface area contributed by atoms with Crippen LogP contribution in [-0.2, 0) is 23.1 Å². The van der Waals surface area contributed by atoms with E-state index in [1.54, 1.807) is 34.1 Å². The Morgan fingerprint density at radius 3 is 2.63 bits per heavy atom. The molecule has 1 fully saturated rings. The molecular formula is C27H26FN5O2. The molecule has 0 spiro atoms. The van der Waals surface area contributed by atoms with Crippen molar-refractivity contribution in [1.29, 1.82) is 0 Å². The number of carbonyl (C=O) groups is 2. The molecule has 0 bridgehead atoms. The van der Waals surface area contributed by atoms with E-state index >= 15 is 0 Å². The Balaban J connectivity index is 1.22. The number of hydrogen-bond donors (Lipinski definition) is 0. The number of piperidine rings is 1. The van der Waals surface area contributed by atoms with Crippen molar-refractivity contribution in [3.8, 4) is 11.1 Å². The Labute approximate surface area is 202 Å². The molecule has 0 N–H and O–H groups in total. The highest BCUT2D eigenvalue weighted by molar-refractivity contribution is 6.36. The van der Waals surface area contributed by atoms with E-state index in [4.69, 9.17) is 0 Å². The van der Waals surface area contributed by atoms with Gasteiger partial charge >= 0.3 is 0 Å². The van der Waals surface area contributed by atoms with Gasteiger partial charge in [-0.25, -0.2) is 4.39 Å². The highest BCUT2D eigenvalue weighted by atomic mass is 19.1. The van der Waals surface area contributed by atoms with Gasteiger partial charge < -0.3 is 4.90 Å². The van der Waals surface area contributed by atoms with Gasteiger partial charge in [-0.05, 0) is 61.6 Å². The fourth-order valence-electron chi connectivity index (χ4n) is 4.88. The summed E-state index contributed by atoms with van der Waals surface area (Å²) >= 11 is 0. The Morgan fingerprint density at radius 2 is 1.91 bits per heavy atom. The number of hydrogen-bond acceptors (Lipinski definition) is 5. The van der Waals surface area contributed by atoms with Crippen LogP contribution in [0.5, 0.6) is 0 Å². The second-order valence-corrected chi connectivity index (χ2v) is 9.07. The van der Waals surface area contributed by atoms with Crippen LogP contribution in [0.25, 0.3) is 22.0 Å². The van der Waals surface area contributed by atoms with Gasteiger partial charge in [0.05, 0.1) is 18.1 Å². The van der Waals surface area contributed by atoms with Crippen LogP contribution >= 0.6 is 0 Å². The maximum Gasteiger partial charge on any atom is 0.290 e. The van der Waals surface area contributed by atoms with Gasteiger partial charge in [0.15, 0.2) is 0 Å². The van der Waals surface area contributed by atoms with Crippen LogP contribution in [0.3, 0.4) is 0 Å². The number of nitrogens with zero attached hydrogens (tertiary/aromatic N) is 5. The fourth-order valence-corrected chi connectivity index (χ4v) is 4.88. The summed E-state index contributed by atoms with van der Waals surface area (Å²) in [5.74, 6) is -1.03. The van der Waals surface area contributed by atoms with Gasteiger partial charge in [0, 0.05) is 60.4 Å². The normalized spacial score (nSPS) is 14.4. The molecule has 0 aliphatic carbocycles. The number of ketones is 1. The van der Waals surface area contributed by atoms with Gasteiger partial charge in [-0.3, -0.25) is 24.2 Å². The molecule has 1 saturated heterocycles. The third-order valence-corrected chi connectivity index (χ3v) is 6.70. The quantitative estimate of drug-likeness (QED) is 0.411. The first-order valence-electron chi connectivity index (χ1n) is 11.7. The van der Waals surface area contributed by atoms with E-state index in [0.29, 0.717) is 31.6 Å². The predicted octanol–water partition coefficient (Wildman–Crippen LogP) is 4.00. The molecule has 3 aromatic heterocycles. The topological polar surface area (TPSA) is 81.0 Å². The number of benzene rings is 1. The number of halogens is 1. The van der Waals surface area contributed by atoms with Crippen LogP contribution in [0.15, 0.2) is 55.0 Å². The zero-order chi connectivity index (χ0) is 24.5. The maximum absolute atomic E-state index is 13.8. The molecule has 5 rings (SSSR count). The third-order valence-electron chi connectivity index (χ3n) is 6.70. The minimum absolute atomic E-state index is 0.0266. The Morgan fingerprint density at radius 1 is 1.11 bits per heavy atom. The van der Waals surface area contributed by atoms with Crippen LogP contribution < -0.4 is 0 Å². The average molecular weight is 472 g/mol. The van der Waals surface area contributed by atoms with Crippen LogP contribution in [-0.4, -0.2) is 49.4 Å². The minimum Gasteiger partial charge on any atom is -0.336 e. The molecule has 1 aliphatic rings. The largest absolute Gasteiger partial charge is 0.336 e. The van der Waals surface area contributed by atoms with E-state index < -0.39 is 11.7 Å². The van der Waals surface area contributed by atoms with E-state index in [9.17, 15) is 14.0 Å². The van der Waals surface area contributed by atoms with Crippen molar-refractivity contribution in [2.24, 2.45) is 7.05 Å². The lowest BCUT2D eigenvalue weighted by Gasteiger charge is -2.32. The first-order chi connectivity index (χ1) is 16.9. The molecule has 1 aromatic carbocycles. The van der Waals surface area contributed by atoms with E-state index in [2.05, 4.69) is 15.1 Å². The van der Waals surface area contributed by atoms with Gasteiger partial charge in [-0.15, -0.1) is 0 Å². The van der Waals surface area contributed by atoms with Crippen molar-refractivity contribution in [2.45, 2.75) is 32.1 Å². The van der Waals surface area contributed by atoms with E-state index in [1.165, 1.54) is 12.1 Å². The van der Waals surface area contributed by atoms with E-state index in [0.717, 1.165) is 33.3 Å². The zero-order valence-electron chi connectivity index (χ0n) is 19.7. The van der Waals surface area contributed by atoms with Crippen molar-refractivity contribution in [2.75, 3.05) is 13.1 Å². The van der Waals surface area contributed by atoms with Gasteiger partial charge in [0.1, 0.15) is 5.82 Å². The average Bonchev–Trinajstić information content (AvgIpc) is 3.29. The molecule has 1 aliphatic heterocycles. The van der Waals surface area contributed by atoms with Crippen LogP contribution in [0.4, 0.5) is 4.39 Å². The number of carbonyl (C=O) groups excluding carboxylic acids is 2. The van der Waals surface area contributed by atoms with Gasteiger partial charge in [0.25, 0.3) is 5.91 Å². The molecule has 0 saturated carbocycles. The lowest BCUT2D eigenvalue weighted by molar-refractivity contribution is -0.145. The number of fused-ring (bicyclic) bond motifs is 1. The van der Waals surface area contributed by atoms with Gasteiger partial charge in [-0.1, -0.05) is 6.07 Å². The van der Waals surface area contributed by atoms with E-state index in [-0.39, 0.29) is 18.2 Å². The number of amides is 1. The standard InChI is InChI=1S/C27H26FN5O2/c1-17-22(19-15-30-32(2)16-19)5-4-21(31-17)14-26(34)27(35)33-11-8-18(9-12-33)23-7-10-29-25-6-3-20(28)13-24(23)25/h3-7,10,13,15-16,18H,8-9,11-12,14H2,1-2H3. The summed E-state index contributed by atoms with van der Waals surface area (Å²) in [6.45, 7) is 2.86. The molecule has 4 heterocycles. The number of Topliss-reactive ketones (excluding diaryl/α,β-unsaturated/α-hetero) is 1. The number of aryl methyl sites for hydroxylation is 2. The van der Waals surface area contributed by atoms with Gasteiger partial charge in [-0.2, -0.15) is 5.10 Å². The van der Waals surface area contributed by atoms with Crippen molar-refractivity contribution < 1.29 is 14.0 Å². The summed E-state index contributed by atoms with van der Waals surface area (Å²) in [6.07, 6.45) is 6.82. The first kappa shape index (κ1) is 22.8. The first-order valence-corrected chi connectivity index (χ1v) is 11.7. The minimum atomic E-state index is -0.468. The number of rotatable bonds is 5.